The summed E-state index contributed by atoms with van der Waals surface area (Å²) in [5.41, 5.74) is 0.277. The standard InChI is InChI=1S/C12H20N4O4/c1-5-7-15-12(11(16(18)19)9(3)13-15)14(4)8-10(17)20-6-2/h5-8H2,1-4H3. The Labute approximate surface area is 117 Å². The molecule has 0 atom stereocenters. The molecule has 8 heteroatoms. The minimum atomic E-state index is -0.467. The number of aryl methyl sites for hydroxylation is 2. The zero-order chi connectivity index (χ0) is 15.3. The van der Waals surface area contributed by atoms with E-state index in [9.17, 15) is 14.9 Å². The second kappa shape index (κ2) is 6.88. The highest BCUT2D eigenvalue weighted by Crippen LogP contribution is 2.31. The zero-order valence-electron chi connectivity index (χ0n) is 12.3. The van der Waals surface area contributed by atoms with E-state index in [4.69, 9.17) is 4.74 Å². The van der Waals surface area contributed by atoms with Gasteiger partial charge in [-0.15, -0.1) is 0 Å². The van der Waals surface area contributed by atoms with Crippen LogP contribution in [0.15, 0.2) is 0 Å². The largest absolute Gasteiger partial charge is 0.465 e. The fourth-order valence-corrected chi connectivity index (χ4v) is 1.99. The monoisotopic (exact) mass is 284 g/mol. The van der Waals surface area contributed by atoms with E-state index in [2.05, 4.69) is 5.10 Å². The van der Waals surface area contributed by atoms with Crippen LogP contribution in [-0.2, 0) is 16.1 Å². The summed E-state index contributed by atoms with van der Waals surface area (Å²) in [4.78, 5) is 23.7. The summed E-state index contributed by atoms with van der Waals surface area (Å²) in [5.74, 6) is -0.0893. The first-order valence-corrected chi connectivity index (χ1v) is 6.50. The van der Waals surface area contributed by atoms with Crippen LogP contribution in [0.3, 0.4) is 0 Å². The number of nitro groups is 1. The van der Waals surface area contributed by atoms with E-state index in [0.717, 1.165) is 6.42 Å². The van der Waals surface area contributed by atoms with E-state index in [1.54, 1.807) is 25.6 Å². The summed E-state index contributed by atoms with van der Waals surface area (Å²) < 4.78 is 6.42. The maximum Gasteiger partial charge on any atom is 0.333 e. The van der Waals surface area contributed by atoms with E-state index in [0.29, 0.717) is 18.1 Å². The molecule has 1 aromatic rings. The van der Waals surface area contributed by atoms with Gasteiger partial charge in [-0.1, -0.05) is 6.92 Å². The number of hydrogen-bond donors (Lipinski definition) is 0. The Morgan fingerprint density at radius 3 is 2.65 bits per heavy atom. The lowest BCUT2D eigenvalue weighted by atomic mass is 10.3. The maximum absolute atomic E-state index is 11.5. The molecule has 20 heavy (non-hydrogen) atoms. The fraction of sp³-hybridized carbons (Fsp3) is 0.667. The smallest absolute Gasteiger partial charge is 0.333 e. The van der Waals surface area contributed by atoms with Crippen LogP contribution < -0.4 is 4.90 Å². The van der Waals surface area contributed by atoms with Gasteiger partial charge < -0.3 is 9.64 Å². The molecule has 0 bridgehead atoms. The van der Waals surface area contributed by atoms with Crippen molar-refractivity contribution in [2.45, 2.75) is 33.7 Å². The third-order valence-electron chi connectivity index (χ3n) is 2.72. The topological polar surface area (TPSA) is 90.5 Å². The van der Waals surface area contributed by atoms with Gasteiger partial charge in [-0.3, -0.25) is 14.9 Å². The molecule has 0 saturated heterocycles. The van der Waals surface area contributed by atoms with Crippen LogP contribution >= 0.6 is 0 Å². The van der Waals surface area contributed by atoms with Gasteiger partial charge in [0, 0.05) is 13.6 Å². The normalized spacial score (nSPS) is 10.4. The minimum Gasteiger partial charge on any atom is -0.465 e. The molecule has 0 unspecified atom stereocenters. The zero-order valence-corrected chi connectivity index (χ0v) is 12.3. The predicted octanol–water partition coefficient (Wildman–Crippen LogP) is 1.51. The average Bonchev–Trinajstić information content (AvgIpc) is 2.66. The molecule has 0 aromatic carbocycles. The first-order chi connectivity index (χ1) is 9.42. The van der Waals surface area contributed by atoms with Crippen molar-refractivity contribution in [3.63, 3.8) is 0 Å². The number of nitrogens with zero attached hydrogens (tertiary/aromatic N) is 4. The lowest BCUT2D eigenvalue weighted by Crippen LogP contribution is -2.29. The number of hydrogen-bond acceptors (Lipinski definition) is 6. The number of esters is 1. The van der Waals surface area contributed by atoms with Gasteiger partial charge in [0.05, 0.1) is 11.5 Å². The van der Waals surface area contributed by atoms with Crippen molar-refractivity contribution >= 4 is 17.5 Å². The third-order valence-corrected chi connectivity index (χ3v) is 2.72. The Morgan fingerprint density at radius 1 is 1.50 bits per heavy atom. The SMILES string of the molecule is CCCn1nc(C)c([N+](=O)[O-])c1N(C)CC(=O)OCC. The highest BCUT2D eigenvalue weighted by molar-refractivity contribution is 5.77. The number of ether oxygens (including phenoxy) is 1. The molecule has 0 aliphatic rings. The summed E-state index contributed by atoms with van der Waals surface area (Å²) in [6.07, 6.45) is 0.790. The summed E-state index contributed by atoms with van der Waals surface area (Å²) in [5, 5.41) is 15.4. The third kappa shape index (κ3) is 3.46. The van der Waals surface area contributed by atoms with Crippen LogP contribution in [0.1, 0.15) is 26.0 Å². The average molecular weight is 284 g/mol. The molecule has 0 aliphatic heterocycles. The molecule has 0 aliphatic carbocycles. The van der Waals surface area contributed by atoms with E-state index in [1.165, 1.54) is 4.90 Å². The lowest BCUT2D eigenvalue weighted by molar-refractivity contribution is -0.384. The van der Waals surface area contributed by atoms with E-state index < -0.39 is 10.9 Å². The molecule has 0 saturated carbocycles. The molecule has 1 rings (SSSR count). The minimum absolute atomic E-state index is 0.0521. The van der Waals surface area contributed by atoms with E-state index in [1.807, 2.05) is 6.92 Å². The summed E-state index contributed by atoms with van der Waals surface area (Å²) in [6, 6.07) is 0. The first-order valence-electron chi connectivity index (χ1n) is 6.50. The van der Waals surface area contributed by atoms with Crippen molar-refractivity contribution < 1.29 is 14.5 Å². The van der Waals surface area contributed by atoms with Crippen molar-refractivity contribution in [3.8, 4) is 0 Å². The number of likely N-dealkylation sites (N-methyl/N-ethyl adjacent to an activating group) is 1. The number of aromatic nitrogens is 2. The van der Waals surface area contributed by atoms with Gasteiger partial charge in [-0.05, 0) is 20.3 Å². The first kappa shape index (κ1) is 15.9. The van der Waals surface area contributed by atoms with Gasteiger partial charge in [0.25, 0.3) is 0 Å². The molecule has 112 valence electrons. The molecule has 1 heterocycles. The molecule has 0 amide bonds. The van der Waals surface area contributed by atoms with Gasteiger partial charge in [0.15, 0.2) is 0 Å². The quantitative estimate of drug-likeness (QED) is 0.428. The summed E-state index contributed by atoms with van der Waals surface area (Å²) in [6.45, 7) is 6.04. The summed E-state index contributed by atoms with van der Waals surface area (Å²) in [7, 11) is 1.62. The molecule has 8 nitrogen and oxygen atoms in total. The molecule has 0 radical (unpaired) electrons. The highest BCUT2D eigenvalue weighted by atomic mass is 16.6. The highest BCUT2D eigenvalue weighted by Gasteiger charge is 2.28. The Hall–Kier alpha value is -2.12. The fourth-order valence-electron chi connectivity index (χ4n) is 1.99. The van der Waals surface area contributed by atoms with Crippen molar-refractivity contribution in [1.82, 2.24) is 9.78 Å². The van der Waals surface area contributed by atoms with Gasteiger partial charge in [-0.2, -0.15) is 5.10 Å². The molecule has 1 aromatic heterocycles. The van der Waals surface area contributed by atoms with Crippen molar-refractivity contribution in [2.75, 3.05) is 25.1 Å². The molecular formula is C12H20N4O4. The van der Waals surface area contributed by atoms with E-state index >= 15 is 0 Å². The molecule has 0 spiro atoms. The van der Waals surface area contributed by atoms with E-state index in [-0.39, 0.29) is 18.8 Å². The summed E-state index contributed by atoms with van der Waals surface area (Å²) >= 11 is 0. The Kier molecular flexibility index (Phi) is 5.48. The van der Waals surface area contributed by atoms with Crippen LogP contribution in [0.2, 0.25) is 0 Å². The van der Waals surface area contributed by atoms with Gasteiger partial charge >= 0.3 is 11.7 Å². The molecule has 0 N–H and O–H groups in total. The van der Waals surface area contributed by atoms with Crippen LogP contribution in [0.5, 0.6) is 0 Å². The lowest BCUT2D eigenvalue weighted by Gasteiger charge is -2.18. The van der Waals surface area contributed by atoms with Gasteiger partial charge in [0.2, 0.25) is 5.82 Å². The molecular weight excluding hydrogens is 264 g/mol. The van der Waals surface area contributed by atoms with Crippen LogP contribution in [-0.4, -0.2) is 40.9 Å². The van der Waals surface area contributed by atoms with Crippen LogP contribution in [0, 0.1) is 17.0 Å². The second-order valence-electron chi connectivity index (χ2n) is 4.40. The predicted molar refractivity (Wildman–Crippen MR) is 73.8 cm³/mol. The Morgan fingerprint density at radius 2 is 2.15 bits per heavy atom. The number of rotatable bonds is 7. The number of anilines is 1. The van der Waals surface area contributed by atoms with Crippen molar-refractivity contribution in [1.29, 1.82) is 0 Å². The van der Waals surface area contributed by atoms with Gasteiger partial charge in [0.1, 0.15) is 12.2 Å². The molecule has 0 fully saturated rings. The number of carbonyl (C=O) groups excluding carboxylic acids is 1. The van der Waals surface area contributed by atoms with Crippen LogP contribution in [0.4, 0.5) is 11.5 Å². The Bertz CT molecular complexity index is 498. The van der Waals surface area contributed by atoms with Gasteiger partial charge in [-0.25, -0.2) is 4.68 Å². The number of carbonyl (C=O) groups is 1. The van der Waals surface area contributed by atoms with Crippen LogP contribution in [0.25, 0.3) is 0 Å². The Balaban J connectivity index is 3.12. The van der Waals surface area contributed by atoms with Crippen molar-refractivity contribution in [2.24, 2.45) is 0 Å². The second-order valence-corrected chi connectivity index (χ2v) is 4.40. The maximum atomic E-state index is 11.5. The van der Waals surface area contributed by atoms with Crippen molar-refractivity contribution in [3.05, 3.63) is 15.8 Å².